The van der Waals surface area contributed by atoms with Crippen molar-refractivity contribution in [1.82, 2.24) is 0 Å². The van der Waals surface area contributed by atoms with Crippen LogP contribution < -0.4 is 15.4 Å². The average Bonchev–Trinajstić information content (AvgIpc) is 2.90. The average molecular weight is 421 g/mol. The molecule has 31 heavy (non-hydrogen) atoms. The Hall–Kier alpha value is -3.28. The van der Waals surface area contributed by atoms with Crippen molar-refractivity contribution in [2.75, 3.05) is 17.7 Å². The number of ketones is 1. The highest BCUT2D eigenvalue weighted by Crippen LogP contribution is 2.43. The van der Waals surface area contributed by atoms with Crippen molar-refractivity contribution in [1.29, 1.82) is 0 Å². The lowest BCUT2D eigenvalue weighted by Gasteiger charge is -2.32. The van der Waals surface area contributed by atoms with Crippen molar-refractivity contribution in [2.45, 2.75) is 39.3 Å². The van der Waals surface area contributed by atoms with E-state index in [9.17, 15) is 9.59 Å². The van der Waals surface area contributed by atoms with Crippen LogP contribution in [0.1, 0.15) is 38.8 Å². The first-order valence-electron chi connectivity index (χ1n) is 10.6. The van der Waals surface area contributed by atoms with Crippen LogP contribution in [0.4, 0.5) is 11.4 Å². The Kier molecular flexibility index (Phi) is 5.72. The Balaban J connectivity index is 1.80. The van der Waals surface area contributed by atoms with Crippen molar-refractivity contribution in [3.05, 3.63) is 65.4 Å². The molecule has 6 nitrogen and oxygen atoms in total. The second-order valence-corrected chi connectivity index (χ2v) is 8.42. The van der Waals surface area contributed by atoms with E-state index in [0.717, 1.165) is 28.4 Å². The van der Waals surface area contributed by atoms with Gasteiger partial charge in [0.05, 0.1) is 30.6 Å². The second kappa shape index (κ2) is 8.46. The second-order valence-electron chi connectivity index (χ2n) is 8.42. The summed E-state index contributed by atoms with van der Waals surface area (Å²) in [5, 5.41) is 6.98. The van der Waals surface area contributed by atoms with E-state index in [2.05, 4.69) is 10.6 Å². The van der Waals surface area contributed by atoms with E-state index in [1.807, 2.05) is 69.3 Å². The minimum absolute atomic E-state index is 0.0782. The molecular formula is C25H28N2O4. The van der Waals surface area contributed by atoms with Gasteiger partial charge < -0.3 is 20.1 Å². The minimum atomic E-state index is -0.806. The predicted molar refractivity (Wildman–Crippen MR) is 120 cm³/mol. The first-order valence-corrected chi connectivity index (χ1v) is 10.6. The fraction of sp³-hybridized carbons (Fsp3) is 0.360. The number of benzene rings is 2. The molecule has 2 aromatic rings. The van der Waals surface area contributed by atoms with Crippen LogP contribution in [0, 0.1) is 11.8 Å². The van der Waals surface area contributed by atoms with Gasteiger partial charge >= 0.3 is 5.97 Å². The molecule has 0 saturated heterocycles. The van der Waals surface area contributed by atoms with Gasteiger partial charge in [-0.15, -0.1) is 0 Å². The van der Waals surface area contributed by atoms with Crippen molar-refractivity contribution in [3.8, 4) is 5.75 Å². The Bertz CT molecular complexity index is 1030. The minimum Gasteiger partial charge on any atom is -0.491 e. The molecule has 0 spiro atoms. The van der Waals surface area contributed by atoms with Gasteiger partial charge in [-0.05, 0) is 56.0 Å². The van der Waals surface area contributed by atoms with Crippen molar-refractivity contribution in [3.63, 3.8) is 0 Å². The van der Waals surface area contributed by atoms with E-state index in [0.29, 0.717) is 12.0 Å². The van der Waals surface area contributed by atoms with Crippen LogP contribution >= 0.6 is 0 Å². The highest BCUT2D eigenvalue weighted by atomic mass is 16.5. The molecule has 162 valence electrons. The zero-order valence-corrected chi connectivity index (χ0v) is 18.3. The van der Waals surface area contributed by atoms with Gasteiger partial charge in [0.15, 0.2) is 5.78 Å². The van der Waals surface area contributed by atoms with Crippen LogP contribution in [0.25, 0.3) is 0 Å². The van der Waals surface area contributed by atoms with Gasteiger partial charge in [-0.25, -0.2) is 0 Å². The number of anilines is 2. The molecule has 0 aromatic heterocycles. The molecule has 0 bridgehead atoms. The predicted octanol–water partition coefficient (Wildman–Crippen LogP) is 4.70. The molecule has 1 heterocycles. The first-order chi connectivity index (χ1) is 14.9. The topological polar surface area (TPSA) is 76.7 Å². The van der Waals surface area contributed by atoms with E-state index in [-0.39, 0.29) is 17.8 Å². The number of para-hydroxylation sites is 2. The van der Waals surface area contributed by atoms with Gasteiger partial charge in [0.1, 0.15) is 11.7 Å². The van der Waals surface area contributed by atoms with Crippen molar-refractivity contribution >= 4 is 23.1 Å². The molecule has 3 atom stereocenters. The summed E-state index contributed by atoms with van der Waals surface area (Å²) in [5.74, 6) is -0.860. The van der Waals surface area contributed by atoms with Crippen LogP contribution in [-0.2, 0) is 14.3 Å². The molecule has 1 aliphatic heterocycles. The third-order valence-electron chi connectivity index (χ3n) is 5.81. The SMILES string of the molecule is COC(=O)[C@H]1C(=O)C2=C(C[C@@H]1C)Nc1ccccc1N[C@H]2c1ccc(OC(C)C)cc1. The number of fused-ring (bicyclic) bond motifs is 1. The standard InChI is InChI=1S/C25H28N2O4/c1-14(2)31-17-11-9-16(10-12-17)23-22-20(26-18-7-5-6-8-19(18)27-23)13-15(3)21(24(22)28)25(29)30-4/h5-12,14-15,21,23,26-27H,13H2,1-4H3/t15-,21+,23-/m0/s1. The number of esters is 1. The molecule has 0 unspecified atom stereocenters. The van der Waals surface area contributed by atoms with Crippen molar-refractivity contribution in [2.24, 2.45) is 11.8 Å². The van der Waals surface area contributed by atoms with Crippen molar-refractivity contribution < 1.29 is 19.1 Å². The van der Waals surface area contributed by atoms with Gasteiger partial charge in [0.2, 0.25) is 0 Å². The summed E-state index contributed by atoms with van der Waals surface area (Å²) in [6, 6.07) is 15.2. The van der Waals surface area contributed by atoms with Gasteiger partial charge in [0, 0.05) is 11.3 Å². The van der Waals surface area contributed by atoms with E-state index in [1.54, 1.807) is 0 Å². The molecule has 0 fully saturated rings. The number of hydrogen-bond acceptors (Lipinski definition) is 6. The zero-order chi connectivity index (χ0) is 22.1. The third-order valence-corrected chi connectivity index (χ3v) is 5.81. The highest BCUT2D eigenvalue weighted by Gasteiger charge is 2.44. The number of nitrogens with one attached hydrogen (secondary N) is 2. The van der Waals surface area contributed by atoms with Gasteiger partial charge in [-0.2, -0.15) is 0 Å². The van der Waals surface area contributed by atoms with Crippen LogP contribution in [-0.4, -0.2) is 25.0 Å². The molecule has 6 heteroatoms. The monoisotopic (exact) mass is 420 g/mol. The molecule has 0 amide bonds. The lowest BCUT2D eigenvalue weighted by atomic mass is 9.75. The number of ether oxygens (including phenoxy) is 2. The maximum absolute atomic E-state index is 13.6. The number of carbonyl (C=O) groups excluding carboxylic acids is 2. The van der Waals surface area contributed by atoms with Gasteiger partial charge in [-0.3, -0.25) is 9.59 Å². The van der Waals surface area contributed by atoms with Crippen LogP contribution in [0.3, 0.4) is 0 Å². The van der Waals surface area contributed by atoms with Gasteiger partial charge in [0.25, 0.3) is 0 Å². The number of methoxy groups -OCH3 is 1. The highest BCUT2D eigenvalue weighted by molar-refractivity contribution is 6.11. The summed E-state index contributed by atoms with van der Waals surface area (Å²) in [5.41, 5.74) is 4.17. The molecular weight excluding hydrogens is 392 g/mol. The van der Waals surface area contributed by atoms with Crippen LogP contribution in [0.2, 0.25) is 0 Å². The largest absolute Gasteiger partial charge is 0.491 e. The maximum atomic E-state index is 13.6. The molecule has 2 aliphatic rings. The van der Waals surface area contributed by atoms with Crippen LogP contribution in [0.5, 0.6) is 5.75 Å². The van der Waals surface area contributed by atoms with Crippen LogP contribution in [0.15, 0.2) is 59.8 Å². The number of hydrogen-bond donors (Lipinski definition) is 2. The molecule has 0 saturated carbocycles. The first kappa shape index (κ1) is 21.0. The number of allylic oxidation sites excluding steroid dienone is 1. The summed E-state index contributed by atoms with van der Waals surface area (Å²) < 4.78 is 10.7. The number of Topliss-reactive ketones (excluding diaryl/α,β-unsaturated/α-hetero) is 1. The molecule has 2 aromatic carbocycles. The summed E-state index contributed by atoms with van der Waals surface area (Å²) >= 11 is 0. The smallest absolute Gasteiger partial charge is 0.316 e. The quantitative estimate of drug-likeness (QED) is 0.551. The molecule has 4 rings (SSSR count). The normalized spacial score (nSPS) is 22.6. The maximum Gasteiger partial charge on any atom is 0.316 e. The fourth-order valence-electron chi connectivity index (χ4n) is 4.39. The third kappa shape index (κ3) is 4.02. The van der Waals surface area contributed by atoms with E-state index >= 15 is 0 Å². The van der Waals surface area contributed by atoms with E-state index < -0.39 is 17.9 Å². The summed E-state index contributed by atoms with van der Waals surface area (Å²) in [6.45, 7) is 5.88. The summed E-state index contributed by atoms with van der Waals surface area (Å²) in [4.78, 5) is 26.0. The zero-order valence-electron chi connectivity index (χ0n) is 18.3. The summed E-state index contributed by atoms with van der Waals surface area (Å²) in [6.07, 6.45) is 0.663. The molecule has 1 aliphatic carbocycles. The Morgan fingerprint density at radius 3 is 2.39 bits per heavy atom. The molecule has 2 N–H and O–H groups in total. The Morgan fingerprint density at radius 2 is 1.74 bits per heavy atom. The van der Waals surface area contributed by atoms with Gasteiger partial charge in [-0.1, -0.05) is 31.2 Å². The van der Waals surface area contributed by atoms with E-state index in [4.69, 9.17) is 9.47 Å². The number of carbonyl (C=O) groups is 2. The lowest BCUT2D eigenvalue weighted by molar-refractivity contribution is -0.151. The Morgan fingerprint density at radius 1 is 1.06 bits per heavy atom. The fourth-order valence-corrected chi connectivity index (χ4v) is 4.39. The Labute approximate surface area is 182 Å². The molecule has 0 radical (unpaired) electrons. The van der Waals surface area contributed by atoms with E-state index in [1.165, 1.54) is 7.11 Å². The lowest BCUT2D eigenvalue weighted by Crippen LogP contribution is -2.39. The number of rotatable bonds is 4. The summed E-state index contributed by atoms with van der Waals surface area (Å²) in [7, 11) is 1.33.